The standard InChI is InChI=1S/C22H27N3O3/c1-16-8-9-18(17(2)14-16)23-21(26)15-22(27)25-12-10-24(11-13-25)19-6-4-5-7-20(19)28-3/h4-9,14H,10-13,15H2,1-3H3,(H,23,26). The van der Waals surface area contributed by atoms with Gasteiger partial charge >= 0.3 is 0 Å². The van der Waals surface area contributed by atoms with Crippen LogP contribution >= 0.6 is 0 Å². The largest absolute Gasteiger partial charge is 0.495 e. The highest BCUT2D eigenvalue weighted by atomic mass is 16.5. The third kappa shape index (κ3) is 4.63. The van der Waals surface area contributed by atoms with Gasteiger partial charge in [-0.15, -0.1) is 0 Å². The van der Waals surface area contributed by atoms with E-state index in [1.54, 1.807) is 12.0 Å². The topological polar surface area (TPSA) is 61.9 Å². The van der Waals surface area contributed by atoms with Gasteiger partial charge in [-0.05, 0) is 37.6 Å². The van der Waals surface area contributed by atoms with Gasteiger partial charge < -0.3 is 19.9 Å². The van der Waals surface area contributed by atoms with Crippen molar-refractivity contribution in [3.63, 3.8) is 0 Å². The zero-order valence-corrected chi connectivity index (χ0v) is 16.7. The van der Waals surface area contributed by atoms with Crippen LogP contribution in [0.5, 0.6) is 5.75 Å². The lowest BCUT2D eigenvalue weighted by Gasteiger charge is -2.36. The van der Waals surface area contributed by atoms with Gasteiger partial charge in [-0.3, -0.25) is 9.59 Å². The van der Waals surface area contributed by atoms with Crippen molar-refractivity contribution >= 4 is 23.2 Å². The summed E-state index contributed by atoms with van der Waals surface area (Å²) in [6.07, 6.45) is -0.137. The molecule has 2 aromatic carbocycles. The molecule has 1 saturated heterocycles. The van der Waals surface area contributed by atoms with E-state index in [4.69, 9.17) is 4.74 Å². The van der Waals surface area contributed by atoms with E-state index in [0.29, 0.717) is 26.2 Å². The number of aryl methyl sites for hydroxylation is 2. The molecule has 148 valence electrons. The predicted molar refractivity (Wildman–Crippen MR) is 111 cm³/mol. The maximum absolute atomic E-state index is 12.5. The minimum absolute atomic E-state index is 0.137. The smallest absolute Gasteiger partial charge is 0.233 e. The molecule has 1 fully saturated rings. The Labute approximate surface area is 166 Å². The fourth-order valence-electron chi connectivity index (χ4n) is 3.49. The SMILES string of the molecule is COc1ccccc1N1CCN(C(=O)CC(=O)Nc2ccc(C)cc2C)CC1. The molecular formula is C22H27N3O3. The Bertz CT molecular complexity index is 858. The first-order valence-electron chi connectivity index (χ1n) is 9.51. The number of carbonyl (C=O) groups is 2. The summed E-state index contributed by atoms with van der Waals surface area (Å²) in [6, 6.07) is 13.7. The van der Waals surface area contributed by atoms with Crippen molar-refractivity contribution < 1.29 is 14.3 Å². The van der Waals surface area contributed by atoms with E-state index in [2.05, 4.69) is 10.2 Å². The molecular weight excluding hydrogens is 354 g/mol. The van der Waals surface area contributed by atoms with E-state index in [9.17, 15) is 9.59 Å². The van der Waals surface area contributed by atoms with Crippen LogP contribution in [-0.2, 0) is 9.59 Å². The van der Waals surface area contributed by atoms with E-state index in [1.165, 1.54) is 0 Å². The second kappa shape index (κ2) is 8.78. The first-order valence-corrected chi connectivity index (χ1v) is 9.51. The minimum atomic E-state index is -0.274. The zero-order valence-electron chi connectivity index (χ0n) is 16.7. The molecule has 1 aliphatic rings. The summed E-state index contributed by atoms with van der Waals surface area (Å²) >= 11 is 0. The van der Waals surface area contributed by atoms with Crippen LogP contribution in [0.2, 0.25) is 0 Å². The lowest BCUT2D eigenvalue weighted by molar-refractivity contribution is -0.134. The molecule has 1 N–H and O–H groups in total. The average Bonchev–Trinajstić information content (AvgIpc) is 2.70. The third-order valence-corrected chi connectivity index (χ3v) is 5.03. The Kier molecular flexibility index (Phi) is 6.19. The summed E-state index contributed by atoms with van der Waals surface area (Å²) in [5.74, 6) is 0.418. The van der Waals surface area contributed by atoms with Crippen LogP contribution < -0.4 is 15.0 Å². The zero-order chi connectivity index (χ0) is 20.1. The van der Waals surface area contributed by atoms with Gasteiger partial charge in [0, 0.05) is 31.9 Å². The molecule has 28 heavy (non-hydrogen) atoms. The van der Waals surface area contributed by atoms with Crippen molar-refractivity contribution in [3.05, 3.63) is 53.6 Å². The fraction of sp³-hybridized carbons (Fsp3) is 0.364. The maximum atomic E-state index is 12.5. The Morgan fingerprint density at radius 1 is 1.04 bits per heavy atom. The van der Waals surface area contributed by atoms with Gasteiger partial charge in [0.2, 0.25) is 11.8 Å². The molecule has 6 heteroatoms. The van der Waals surface area contributed by atoms with E-state index >= 15 is 0 Å². The number of para-hydroxylation sites is 2. The van der Waals surface area contributed by atoms with Crippen molar-refractivity contribution in [2.45, 2.75) is 20.3 Å². The molecule has 0 bridgehead atoms. The number of benzene rings is 2. The van der Waals surface area contributed by atoms with Crippen molar-refractivity contribution in [3.8, 4) is 5.75 Å². The Hall–Kier alpha value is -3.02. The number of anilines is 2. The minimum Gasteiger partial charge on any atom is -0.495 e. The van der Waals surface area contributed by atoms with Crippen molar-refractivity contribution in [2.75, 3.05) is 43.5 Å². The maximum Gasteiger partial charge on any atom is 0.233 e. The number of amides is 2. The molecule has 1 aliphatic heterocycles. The monoisotopic (exact) mass is 381 g/mol. The highest BCUT2D eigenvalue weighted by Gasteiger charge is 2.24. The van der Waals surface area contributed by atoms with Gasteiger partial charge in [-0.2, -0.15) is 0 Å². The van der Waals surface area contributed by atoms with Gasteiger partial charge in [-0.25, -0.2) is 0 Å². The van der Waals surface area contributed by atoms with E-state index in [-0.39, 0.29) is 18.2 Å². The van der Waals surface area contributed by atoms with Crippen molar-refractivity contribution in [1.29, 1.82) is 0 Å². The summed E-state index contributed by atoms with van der Waals surface area (Å²) < 4.78 is 5.42. The summed E-state index contributed by atoms with van der Waals surface area (Å²) in [7, 11) is 1.66. The third-order valence-electron chi connectivity index (χ3n) is 5.03. The lowest BCUT2D eigenvalue weighted by Crippen LogP contribution is -2.49. The second-order valence-electron chi connectivity index (χ2n) is 7.08. The summed E-state index contributed by atoms with van der Waals surface area (Å²) in [5.41, 5.74) is 3.92. The Morgan fingerprint density at radius 2 is 1.75 bits per heavy atom. The number of nitrogens with zero attached hydrogens (tertiary/aromatic N) is 2. The van der Waals surface area contributed by atoms with Crippen molar-refractivity contribution in [2.24, 2.45) is 0 Å². The van der Waals surface area contributed by atoms with Crippen molar-refractivity contribution in [1.82, 2.24) is 4.90 Å². The molecule has 0 spiro atoms. The second-order valence-corrected chi connectivity index (χ2v) is 7.08. The summed E-state index contributed by atoms with van der Waals surface area (Å²) in [5, 5.41) is 2.84. The van der Waals surface area contributed by atoms with Crippen LogP contribution in [0.4, 0.5) is 11.4 Å². The molecule has 0 unspecified atom stereocenters. The molecule has 0 radical (unpaired) electrons. The quantitative estimate of drug-likeness (QED) is 0.809. The predicted octanol–water partition coefficient (Wildman–Crippen LogP) is 2.99. The molecule has 0 aliphatic carbocycles. The highest BCUT2D eigenvalue weighted by molar-refractivity contribution is 6.03. The number of hydrogen-bond donors (Lipinski definition) is 1. The van der Waals surface area contributed by atoms with Crippen LogP contribution in [0, 0.1) is 13.8 Å². The molecule has 1 heterocycles. The summed E-state index contributed by atoms with van der Waals surface area (Å²) in [6.45, 7) is 6.56. The fourth-order valence-corrected chi connectivity index (χ4v) is 3.49. The van der Waals surface area contributed by atoms with E-state index in [1.807, 2.05) is 56.3 Å². The van der Waals surface area contributed by atoms with E-state index in [0.717, 1.165) is 28.3 Å². The van der Waals surface area contributed by atoms with Crippen LogP contribution in [0.25, 0.3) is 0 Å². The van der Waals surface area contributed by atoms with Gasteiger partial charge in [-0.1, -0.05) is 29.8 Å². The highest BCUT2D eigenvalue weighted by Crippen LogP contribution is 2.28. The first kappa shape index (κ1) is 19.7. The number of rotatable bonds is 5. The molecule has 0 atom stereocenters. The van der Waals surface area contributed by atoms with Gasteiger partial charge in [0.15, 0.2) is 0 Å². The van der Waals surface area contributed by atoms with Crippen LogP contribution in [0.15, 0.2) is 42.5 Å². The molecule has 0 aromatic heterocycles. The molecule has 2 aromatic rings. The number of carbonyl (C=O) groups excluding carboxylic acids is 2. The molecule has 3 rings (SSSR count). The average molecular weight is 381 g/mol. The summed E-state index contributed by atoms with van der Waals surface area (Å²) in [4.78, 5) is 28.8. The number of piperazine rings is 1. The first-order chi connectivity index (χ1) is 13.5. The number of hydrogen-bond acceptors (Lipinski definition) is 4. The number of ether oxygens (including phenoxy) is 1. The Morgan fingerprint density at radius 3 is 2.43 bits per heavy atom. The molecule has 0 saturated carbocycles. The number of methoxy groups -OCH3 is 1. The van der Waals surface area contributed by atoms with Gasteiger partial charge in [0.1, 0.15) is 12.2 Å². The van der Waals surface area contributed by atoms with Crippen LogP contribution in [0.1, 0.15) is 17.5 Å². The Balaban J connectivity index is 1.53. The van der Waals surface area contributed by atoms with Crippen LogP contribution in [0.3, 0.4) is 0 Å². The lowest BCUT2D eigenvalue weighted by atomic mass is 10.1. The van der Waals surface area contributed by atoms with Gasteiger partial charge in [0.25, 0.3) is 0 Å². The number of nitrogens with one attached hydrogen (secondary N) is 1. The molecule has 6 nitrogen and oxygen atoms in total. The molecule has 2 amide bonds. The van der Waals surface area contributed by atoms with Crippen LogP contribution in [-0.4, -0.2) is 50.0 Å². The van der Waals surface area contributed by atoms with Gasteiger partial charge in [0.05, 0.1) is 12.8 Å². The normalized spacial score (nSPS) is 14.0. The van der Waals surface area contributed by atoms with E-state index < -0.39 is 0 Å².